The van der Waals surface area contributed by atoms with Crippen LogP contribution >= 0.6 is 11.6 Å². The average molecular weight is 445 g/mol. The van der Waals surface area contributed by atoms with Crippen molar-refractivity contribution in [2.24, 2.45) is 0 Å². The van der Waals surface area contributed by atoms with Crippen molar-refractivity contribution in [1.29, 1.82) is 0 Å². The summed E-state index contributed by atoms with van der Waals surface area (Å²) in [6.45, 7) is 0.0183. The van der Waals surface area contributed by atoms with Crippen LogP contribution in [0.25, 0.3) is 0 Å². The molecule has 6 nitrogen and oxygen atoms in total. The standard InChI is InChI=1S/C22H21ClN2O4S/c1-30(27,28)25(15-17-7-3-2-4-8-17)18-11-13-19(14-12-18)29-16-22(26)24-21-10-6-5-9-20(21)23/h2-14H,15-16H2,1H3,(H,24,26). The summed E-state index contributed by atoms with van der Waals surface area (Å²) in [5.74, 6) is 0.0928. The van der Waals surface area contributed by atoms with Gasteiger partial charge in [-0.3, -0.25) is 9.10 Å². The van der Waals surface area contributed by atoms with Crippen molar-refractivity contribution in [3.63, 3.8) is 0 Å². The molecule has 0 radical (unpaired) electrons. The third-order valence-electron chi connectivity index (χ3n) is 4.21. The Balaban J connectivity index is 1.64. The van der Waals surface area contributed by atoms with Gasteiger partial charge in [0.25, 0.3) is 5.91 Å². The Morgan fingerprint density at radius 3 is 2.23 bits per heavy atom. The maximum Gasteiger partial charge on any atom is 0.262 e. The van der Waals surface area contributed by atoms with E-state index in [1.54, 1.807) is 48.5 Å². The van der Waals surface area contributed by atoms with E-state index in [1.807, 2.05) is 30.3 Å². The number of carbonyl (C=O) groups is 1. The van der Waals surface area contributed by atoms with Gasteiger partial charge in [-0.2, -0.15) is 0 Å². The van der Waals surface area contributed by atoms with Crippen LogP contribution < -0.4 is 14.4 Å². The van der Waals surface area contributed by atoms with Gasteiger partial charge in [-0.1, -0.05) is 54.1 Å². The zero-order chi connectivity index (χ0) is 21.6. The van der Waals surface area contributed by atoms with Crippen molar-refractivity contribution < 1.29 is 17.9 Å². The molecule has 0 aromatic heterocycles. The number of hydrogen-bond acceptors (Lipinski definition) is 4. The molecule has 0 atom stereocenters. The minimum atomic E-state index is -3.48. The van der Waals surface area contributed by atoms with Crippen LogP contribution in [0.2, 0.25) is 5.02 Å². The minimum absolute atomic E-state index is 0.204. The number of halogens is 1. The second-order valence-electron chi connectivity index (χ2n) is 6.57. The highest BCUT2D eigenvalue weighted by Gasteiger charge is 2.18. The van der Waals surface area contributed by atoms with E-state index >= 15 is 0 Å². The fourth-order valence-corrected chi connectivity index (χ4v) is 3.83. The summed E-state index contributed by atoms with van der Waals surface area (Å²) >= 11 is 6.02. The number of benzene rings is 3. The van der Waals surface area contributed by atoms with Gasteiger partial charge < -0.3 is 10.1 Å². The summed E-state index contributed by atoms with van der Waals surface area (Å²) in [7, 11) is -3.48. The molecule has 3 aromatic rings. The van der Waals surface area contributed by atoms with Crippen LogP contribution in [-0.4, -0.2) is 27.2 Å². The normalized spacial score (nSPS) is 11.0. The Hall–Kier alpha value is -3.03. The summed E-state index contributed by atoms with van der Waals surface area (Å²) in [6.07, 6.45) is 1.17. The summed E-state index contributed by atoms with van der Waals surface area (Å²) in [6, 6.07) is 22.8. The summed E-state index contributed by atoms with van der Waals surface area (Å²) in [5, 5.41) is 3.11. The smallest absolute Gasteiger partial charge is 0.262 e. The fourth-order valence-electron chi connectivity index (χ4n) is 2.76. The summed E-state index contributed by atoms with van der Waals surface area (Å²) < 4.78 is 31.3. The SMILES string of the molecule is CS(=O)(=O)N(Cc1ccccc1)c1ccc(OCC(=O)Nc2ccccc2Cl)cc1. The Kier molecular flexibility index (Phi) is 6.97. The number of sulfonamides is 1. The maximum atomic E-state index is 12.3. The van der Waals surface area contributed by atoms with Crippen molar-refractivity contribution in [2.75, 3.05) is 22.5 Å². The molecule has 3 rings (SSSR count). The fraction of sp³-hybridized carbons (Fsp3) is 0.136. The Morgan fingerprint density at radius 1 is 0.967 bits per heavy atom. The lowest BCUT2D eigenvalue weighted by atomic mass is 10.2. The number of anilines is 2. The van der Waals surface area contributed by atoms with Crippen LogP contribution in [0.15, 0.2) is 78.9 Å². The molecule has 30 heavy (non-hydrogen) atoms. The van der Waals surface area contributed by atoms with E-state index in [-0.39, 0.29) is 19.1 Å². The number of hydrogen-bond donors (Lipinski definition) is 1. The van der Waals surface area contributed by atoms with Gasteiger partial charge in [0, 0.05) is 0 Å². The molecule has 0 spiro atoms. The van der Waals surface area contributed by atoms with Gasteiger partial charge in [0.05, 0.1) is 29.2 Å². The third kappa shape index (κ3) is 5.98. The van der Waals surface area contributed by atoms with Gasteiger partial charge in [-0.25, -0.2) is 8.42 Å². The van der Waals surface area contributed by atoms with Crippen LogP contribution in [0.1, 0.15) is 5.56 Å². The van der Waals surface area contributed by atoms with Crippen molar-refractivity contribution >= 4 is 38.9 Å². The minimum Gasteiger partial charge on any atom is -0.484 e. The highest BCUT2D eigenvalue weighted by Crippen LogP contribution is 2.24. The number of para-hydroxylation sites is 1. The molecule has 0 bridgehead atoms. The first-order chi connectivity index (χ1) is 14.3. The van der Waals surface area contributed by atoms with Crippen LogP contribution in [0, 0.1) is 0 Å². The lowest BCUT2D eigenvalue weighted by molar-refractivity contribution is -0.118. The molecule has 0 heterocycles. The molecule has 0 unspecified atom stereocenters. The van der Waals surface area contributed by atoms with E-state index in [9.17, 15) is 13.2 Å². The van der Waals surface area contributed by atoms with Gasteiger partial charge in [0.15, 0.2) is 6.61 Å². The van der Waals surface area contributed by atoms with Gasteiger partial charge in [0.1, 0.15) is 5.75 Å². The highest BCUT2D eigenvalue weighted by atomic mass is 35.5. The zero-order valence-electron chi connectivity index (χ0n) is 16.3. The van der Waals surface area contributed by atoms with Gasteiger partial charge in [-0.15, -0.1) is 0 Å². The van der Waals surface area contributed by atoms with Crippen molar-refractivity contribution in [3.8, 4) is 5.75 Å². The van der Waals surface area contributed by atoms with E-state index < -0.39 is 10.0 Å². The topological polar surface area (TPSA) is 75.7 Å². The Bertz CT molecular complexity index is 1100. The first-order valence-corrected chi connectivity index (χ1v) is 11.3. The van der Waals surface area contributed by atoms with Crippen LogP contribution in [0.4, 0.5) is 11.4 Å². The van der Waals surface area contributed by atoms with Crippen LogP contribution in [0.3, 0.4) is 0 Å². The Morgan fingerprint density at radius 2 is 1.60 bits per heavy atom. The van der Waals surface area contributed by atoms with E-state index in [1.165, 1.54) is 10.6 Å². The first kappa shape index (κ1) is 21.7. The molecule has 0 saturated heterocycles. The van der Waals surface area contributed by atoms with Crippen molar-refractivity contribution in [2.45, 2.75) is 6.54 Å². The molecule has 1 N–H and O–H groups in total. The zero-order valence-corrected chi connectivity index (χ0v) is 17.9. The van der Waals surface area contributed by atoms with Gasteiger partial charge in [0.2, 0.25) is 10.0 Å². The lowest BCUT2D eigenvalue weighted by Crippen LogP contribution is -2.29. The summed E-state index contributed by atoms with van der Waals surface area (Å²) in [4.78, 5) is 12.1. The predicted octanol–water partition coefficient (Wildman–Crippen LogP) is 4.32. The molecular weight excluding hydrogens is 424 g/mol. The molecule has 8 heteroatoms. The maximum absolute atomic E-state index is 12.3. The van der Waals surface area contributed by atoms with E-state index in [0.717, 1.165) is 5.56 Å². The number of ether oxygens (including phenoxy) is 1. The van der Waals surface area contributed by atoms with E-state index in [2.05, 4.69) is 5.32 Å². The quantitative estimate of drug-likeness (QED) is 0.561. The molecule has 1 amide bonds. The molecular formula is C22H21ClN2O4S. The molecule has 0 fully saturated rings. The van der Waals surface area contributed by atoms with Crippen molar-refractivity contribution in [1.82, 2.24) is 0 Å². The second kappa shape index (κ2) is 9.65. The third-order valence-corrected chi connectivity index (χ3v) is 5.68. The molecule has 0 saturated carbocycles. The predicted molar refractivity (Wildman–Crippen MR) is 119 cm³/mol. The van der Waals surface area contributed by atoms with Crippen molar-refractivity contribution in [3.05, 3.63) is 89.4 Å². The molecule has 3 aromatic carbocycles. The largest absolute Gasteiger partial charge is 0.484 e. The van der Waals surface area contributed by atoms with E-state index in [4.69, 9.17) is 16.3 Å². The first-order valence-electron chi connectivity index (χ1n) is 9.12. The average Bonchev–Trinajstić information content (AvgIpc) is 2.73. The Labute approximate surface area is 181 Å². The monoisotopic (exact) mass is 444 g/mol. The van der Waals surface area contributed by atoms with Crippen LogP contribution in [-0.2, 0) is 21.4 Å². The lowest BCUT2D eigenvalue weighted by Gasteiger charge is -2.22. The number of nitrogens with one attached hydrogen (secondary N) is 1. The number of nitrogens with zero attached hydrogens (tertiary/aromatic N) is 1. The number of rotatable bonds is 8. The molecule has 0 aliphatic carbocycles. The van der Waals surface area contributed by atoms with Gasteiger partial charge in [-0.05, 0) is 42.0 Å². The summed E-state index contributed by atoms with van der Waals surface area (Å²) in [5.41, 5.74) is 1.89. The number of amides is 1. The van der Waals surface area contributed by atoms with Crippen LogP contribution in [0.5, 0.6) is 5.75 Å². The molecule has 0 aliphatic rings. The highest BCUT2D eigenvalue weighted by molar-refractivity contribution is 7.92. The number of carbonyl (C=O) groups excluding carboxylic acids is 1. The van der Waals surface area contributed by atoms with Gasteiger partial charge >= 0.3 is 0 Å². The molecule has 156 valence electrons. The molecule has 0 aliphatic heterocycles. The van der Waals surface area contributed by atoms with E-state index in [0.29, 0.717) is 22.1 Å². The second-order valence-corrected chi connectivity index (χ2v) is 8.88.